The largest absolute Gasteiger partial charge is 0.489 e. The fourth-order valence-electron chi connectivity index (χ4n) is 2.97. The Balaban J connectivity index is 1.62. The summed E-state index contributed by atoms with van der Waals surface area (Å²) < 4.78 is 30.3. The fourth-order valence-corrected chi connectivity index (χ4v) is 2.97. The van der Waals surface area contributed by atoms with Crippen LogP contribution in [0.15, 0.2) is 18.2 Å². The minimum absolute atomic E-state index is 0.0436. The van der Waals surface area contributed by atoms with Crippen LogP contribution in [0.3, 0.4) is 0 Å². The number of carbonyl (C=O) groups is 1. The second kappa shape index (κ2) is 7.92. The summed E-state index contributed by atoms with van der Waals surface area (Å²) in [5.41, 5.74) is 5.86. The number of nitrogens with one attached hydrogen (secondary N) is 1. The summed E-state index contributed by atoms with van der Waals surface area (Å²) in [5, 5.41) is 2.70. The van der Waals surface area contributed by atoms with Crippen molar-refractivity contribution in [3.63, 3.8) is 0 Å². The second-order valence-electron chi connectivity index (χ2n) is 6.14. The van der Waals surface area contributed by atoms with Crippen molar-refractivity contribution in [1.29, 1.82) is 0 Å². The lowest BCUT2D eigenvalue weighted by Gasteiger charge is -2.17. The summed E-state index contributed by atoms with van der Waals surface area (Å²) in [4.78, 5) is 12.3. The Morgan fingerprint density at radius 2 is 2.21 bits per heavy atom. The number of halogens is 1. The molecule has 2 aliphatic rings. The number of rotatable bonds is 6. The summed E-state index contributed by atoms with van der Waals surface area (Å²) in [5.74, 6) is -0.325. The molecule has 1 unspecified atom stereocenters. The van der Waals surface area contributed by atoms with Gasteiger partial charge in [-0.2, -0.15) is 0 Å². The Kier molecular flexibility index (Phi) is 5.65. The molecule has 0 aromatic heterocycles. The van der Waals surface area contributed by atoms with Gasteiger partial charge in [0.25, 0.3) is 5.91 Å². The topological polar surface area (TPSA) is 82.8 Å². The Morgan fingerprint density at radius 1 is 1.33 bits per heavy atom. The molecule has 1 aromatic carbocycles. The van der Waals surface area contributed by atoms with Crippen LogP contribution in [0.1, 0.15) is 25.7 Å². The van der Waals surface area contributed by atoms with E-state index in [0.29, 0.717) is 31.0 Å². The van der Waals surface area contributed by atoms with Crippen LogP contribution >= 0.6 is 0 Å². The summed E-state index contributed by atoms with van der Waals surface area (Å²) in [6, 6.07) is 4.06. The number of anilines is 1. The Labute approximate surface area is 140 Å². The standard InChI is InChI=1S/C17H23FN2O4/c18-11-3-5-15(23-10-13-2-1-7-22-13)14(8-11)20-17(21)16-6-4-12(9-19)24-16/h3,5,8,12-13,16H,1-2,4,6-7,9-10,19H2,(H,20,21)/t12-,13?,16+/m1/s1. The lowest BCUT2D eigenvalue weighted by Crippen LogP contribution is -2.30. The van der Waals surface area contributed by atoms with Crippen LogP contribution in [0.25, 0.3) is 0 Å². The molecule has 0 aliphatic carbocycles. The first-order chi connectivity index (χ1) is 11.7. The third-order valence-corrected chi connectivity index (χ3v) is 4.31. The predicted octanol–water partition coefficient (Wildman–Crippen LogP) is 1.83. The molecular formula is C17H23FN2O4. The minimum Gasteiger partial charge on any atom is -0.489 e. The van der Waals surface area contributed by atoms with E-state index in [2.05, 4.69) is 5.32 Å². The summed E-state index contributed by atoms with van der Waals surface area (Å²) in [6.07, 6.45) is 2.70. The van der Waals surface area contributed by atoms with Crippen molar-refractivity contribution in [1.82, 2.24) is 0 Å². The number of carbonyl (C=O) groups excluding carboxylic acids is 1. The zero-order valence-electron chi connectivity index (χ0n) is 13.5. The van der Waals surface area contributed by atoms with Crippen molar-refractivity contribution in [2.45, 2.75) is 44.0 Å². The van der Waals surface area contributed by atoms with Crippen LogP contribution in [0.4, 0.5) is 10.1 Å². The average molecular weight is 338 g/mol. The lowest BCUT2D eigenvalue weighted by atomic mass is 10.2. The Hall–Kier alpha value is -1.70. The van der Waals surface area contributed by atoms with Gasteiger partial charge >= 0.3 is 0 Å². The summed E-state index contributed by atoms with van der Waals surface area (Å²) in [7, 11) is 0. The SMILES string of the molecule is NC[C@H]1CC[C@@H](C(=O)Nc2cc(F)ccc2OCC2CCCO2)O1. The highest BCUT2D eigenvalue weighted by atomic mass is 19.1. The van der Waals surface area contributed by atoms with Gasteiger partial charge in [0.2, 0.25) is 0 Å². The van der Waals surface area contributed by atoms with Crippen LogP contribution < -0.4 is 15.8 Å². The number of hydrogen-bond donors (Lipinski definition) is 2. The molecule has 24 heavy (non-hydrogen) atoms. The molecule has 1 amide bonds. The van der Waals surface area contributed by atoms with Crippen LogP contribution in [0.2, 0.25) is 0 Å². The third-order valence-electron chi connectivity index (χ3n) is 4.31. The lowest BCUT2D eigenvalue weighted by molar-refractivity contribution is -0.126. The first kappa shape index (κ1) is 17.1. The highest BCUT2D eigenvalue weighted by molar-refractivity contribution is 5.95. The molecule has 132 valence electrons. The summed E-state index contributed by atoms with van der Waals surface area (Å²) in [6.45, 7) is 1.51. The van der Waals surface area contributed by atoms with Gasteiger partial charge in [0.05, 0.1) is 17.9 Å². The van der Waals surface area contributed by atoms with E-state index in [1.54, 1.807) is 0 Å². The number of hydrogen-bond acceptors (Lipinski definition) is 5. The van der Waals surface area contributed by atoms with Gasteiger partial charge in [-0.15, -0.1) is 0 Å². The number of amides is 1. The van der Waals surface area contributed by atoms with Crippen molar-refractivity contribution in [3.8, 4) is 5.75 Å². The molecule has 3 rings (SSSR count). The molecule has 6 nitrogen and oxygen atoms in total. The maximum Gasteiger partial charge on any atom is 0.253 e. The molecule has 7 heteroatoms. The maximum absolute atomic E-state index is 13.6. The van der Waals surface area contributed by atoms with Gasteiger partial charge in [0, 0.05) is 19.2 Å². The number of nitrogens with two attached hydrogens (primary N) is 1. The van der Waals surface area contributed by atoms with Gasteiger partial charge in [-0.1, -0.05) is 0 Å². The van der Waals surface area contributed by atoms with Crippen molar-refractivity contribution in [2.24, 2.45) is 5.73 Å². The van der Waals surface area contributed by atoms with E-state index in [4.69, 9.17) is 19.9 Å². The Morgan fingerprint density at radius 3 is 2.92 bits per heavy atom. The number of ether oxygens (including phenoxy) is 3. The van der Waals surface area contributed by atoms with Gasteiger partial charge in [0.1, 0.15) is 24.3 Å². The molecule has 3 N–H and O–H groups in total. The van der Waals surface area contributed by atoms with Crippen molar-refractivity contribution in [3.05, 3.63) is 24.0 Å². The molecule has 2 saturated heterocycles. The molecule has 2 heterocycles. The van der Waals surface area contributed by atoms with Crippen LogP contribution in [0.5, 0.6) is 5.75 Å². The smallest absolute Gasteiger partial charge is 0.253 e. The molecule has 1 aromatic rings. The Bertz CT molecular complexity index is 578. The molecule has 0 saturated carbocycles. The van der Waals surface area contributed by atoms with E-state index in [9.17, 15) is 9.18 Å². The molecule has 0 spiro atoms. The van der Waals surface area contributed by atoms with Crippen LogP contribution in [-0.2, 0) is 14.3 Å². The maximum atomic E-state index is 13.6. The van der Waals surface area contributed by atoms with E-state index in [1.807, 2.05) is 0 Å². The van der Waals surface area contributed by atoms with Gasteiger partial charge < -0.3 is 25.3 Å². The molecule has 2 aliphatic heterocycles. The van der Waals surface area contributed by atoms with E-state index in [-0.39, 0.29) is 18.1 Å². The minimum atomic E-state index is -0.562. The quantitative estimate of drug-likeness (QED) is 0.827. The van der Waals surface area contributed by atoms with Gasteiger partial charge in [-0.3, -0.25) is 4.79 Å². The van der Waals surface area contributed by atoms with Gasteiger partial charge in [0.15, 0.2) is 0 Å². The van der Waals surface area contributed by atoms with E-state index in [0.717, 1.165) is 25.9 Å². The molecule has 3 atom stereocenters. The average Bonchev–Trinajstić information content (AvgIpc) is 3.25. The first-order valence-electron chi connectivity index (χ1n) is 8.36. The molecule has 0 bridgehead atoms. The zero-order valence-corrected chi connectivity index (χ0v) is 13.5. The van der Waals surface area contributed by atoms with Crippen LogP contribution in [0, 0.1) is 5.82 Å². The normalized spacial score (nSPS) is 26.5. The molecule has 2 fully saturated rings. The first-order valence-corrected chi connectivity index (χ1v) is 8.36. The highest BCUT2D eigenvalue weighted by Gasteiger charge is 2.30. The predicted molar refractivity (Wildman–Crippen MR) is 86.4 cm³/mol. The van der Waals surface area contributed by atoms with E-state index >= 15 is 0 Å². The fraction of sp³-hybridized carbons (Fsp3) is 0.588. The van der Waals surface area contributed by atoms with E-state index in [1.165, 1.54) is 18.2 Å². The van der Waals surface area contributed by atoms with Crippen molar-refractivity contribution in [2.75, 3.05) is 25.1 Å². The highest BCUT2D eigenvalue weighted by Crippen LogP contribution is 2.28. The monoisotopic (exact) mass is 338 g/mol. The van der Waals surface area contributed by atoms with E-state index < -0.39 is 11.9 Å². The zero-order chi connectivity index (χ0) is 16.9. The van der Waals surface area contributed by atoms with Gasteiger partial charge in [-0.05, 0) is 37.8 Å². The molecular weight excluding hydrogens is 315 g/mol. The van der Waals surface area contributed by atoms with Crippen molar-refractivity contribution < 1.29 is 23.4 Å². The van der Waals surface area contributed by atoms with Crippen molar-refractivity contribution >= 4 is 11.6 Å². The van der Waals surface area contributed by atoms with Crippen LogP contribution in [-0.4, -0.2) is 44.0 Å². The van der Waals surface area contributed by atoms with Gasteiger partial charge in [-0.25, -0.2) is 4.39 Å². The third kappa shape index (κ3) is 4.23. The molecule has 0 radical (unpaired) electrons. The second-order valence-corrected chi connectivity index (χ2v) is 6.14. The number of benzene rings is 1. The summed E-state index contributed by atoms with van der Waals surface area (Å²) >= 11 is 0.